The van der Waals surface area contributed by atoms with Crippen molar-refractivity contribution in [1.29, 1.82) is 0 Å². The zero-order valence-corrected chi connectivity index (χ0v) is 19.5. The molecule has 2 aromatic rings. The Morgan fingerprint density at radius 1 is 1.16 bits per heavy atom. The van der Waals surface area contributed by atoms with Crippen LogP contribution in [0.1, 0.15) is 53.7 Å². The van der Waals surface area contributed by atoms with E-state index in [0.717, 1.165) is 37.3 Å². The van der Waals surface area contributed by atoms with Gasteiger partial charge in [0.1, 0.15) is 0 Å². The molecule has 0 bridgehead atoms. The number of rotatable bonds is 7. The maximum absolute atomic E-state index is 12.7. The monoisotopic (exact) mass is 457 g/mol. The van der Waals surface area contributed by atoms with Crippen LogP contribution in [-0.4, -0.2) is 37.0 Å². The van der Waals surface area contributed by atoms with E-state index in [1.54, 1.807) is 0 Å². The first-order valence-corrected chi connectivity index (χ1v) is 11.8. The number of nitrogens with one attached hydrogen (secondary N) is 2. The lowest BCUT2D eigenvalue weighted by molar-refractivity contribution is 0.0949. The highest BCUT2D eigenvalue weighted by Crippen LogP contribution is 2.51. The van der Waals surface area contributed by atoms with Crippen LogP contribution in [0.25, 0.3) is 0 Å². The molecule has 4 nitrogen and oxygen atoms in total. The standard InChI is InChI=1S/C25H29Cl2N3O/c1-3-30(4-2)14-13-28-25(31)16-11-12-22-20(15-16)17-7-5-8-18(17)24(29-22)19-9-6-10-21(26)23(19)27/h5-7,9-12,15,17-18,24,29H,3-4,8,13-14H2,1-2H3,(H,28,31). The van der Waals surface area contributed by atoms with E-state index in [-0.39, 0.29) is 17.9 Å². The molecule has 1 amide bonds. The molecule has 1 aliphatic carbocycles. The summed E-state index contributed by atoms with van der Waals surface area (Å²) in [6, 6.07) is 11.8. The number of allylic oxidation sites excluding steroid dienone is 2. The minimum absolute atomic E-state index is 0.0199. The van der Waals surface area contributed by atoms with Gasteiger partial charge in [-0.25, -0.2) is 0 Å². The van der Waals surface area contributed by atoms with Gasteiger partial charge in [-0.3, -0.25) is 4.79 Å². The number of benzene rings is 2. The molecule has 3 unspecified atom stereocenters. The van der Waals surface area contributed by atoms with Gasteiger partial charge in [0.05, 0.1) is 16.1 Å². The summed E-state index contributed by atoms with van der Waals surface area (Å²) in [4.78, 5) is 15.0. The van der Waals surface area contributed by atoms with Crippen molar-refractivity contribution in [2.75, 3.05) is 31.5 Å². The third-order valence-electron chi connectivity index (χ3n) is 6.55. The molecule has 0 saturated heterocycles. The average molecular weight is 458 g/mol. The maximum Gasteiger partial charge on any atom is 0.251 e. The topological polar surface area (TPSA) is 44.4 Å². The lowest BCUT2D eigenvalue weighted by Crippen LogP contribution is -2.35. The van der Waals surface area contributed by atoms with E-state index in [0.29, 0.717) is 28.1 Å². The third-order valence-corrected chi connectivity index (χ3v) is 7.38. The number of fused-ring (bicyclic) bond motifs is 3. The normalized spacial score (nSPS) is 21.5. The van der Waals surface area contributed by atoms with Crippen LogP contribution in [0.15, 0.2) is 48.6 Å². The lowest BCUT2D eigenvalue weighted by atomic mass is 9.76. The number of hydrogen-bond donors (Lipinski definition) is 2. The second-order valence-electron chi connectivity index (χ2n) is 8.20. The number of hydrogen-bond acceptors (Lipinski definition) is 3. The smallest absolute Gasteiger partial charge is 0.251 e. The molecule has 1 heterocycles. The van der Waals surface area contributed by atoms with Crippen molar-refractivity contribution in [2.24, 2.45) is 5.92 Å². The van der Waals surface area contributed by atoms with Crippen molar-refractivity contribution >= 4 is 34.8 Å². The molecule has 2 aliphatic rings. The van der Waals surface area contributed by atoms with Gasteiger partial charge < -0.3 is 15.5 Å². The minimum atomic E-state index is -0.0199. The molecule has 0 fully saturated rings. The Morgan fingerprint density at radius 3 is 2.74 bits per heavy atom. The van der Waals surface area contributed by atoms with Crippen LogP contribution in [0.3, 0.4) is 0 Å². The molecule has 1 aliphatic heterocycles. The van der Waals surface area contributed by atoms with Crippen LogP contribution in [0.5, 0.6) is 0 Å². The molecular formula is C25H29Cl2N3O. The second kappa shape index (κ2) is 9.64. The summed E-state index contributed by atoms with van der Waals surface area (Å²) in [5.74, 6) is 0.567. The van der Waals surface area contributed by atoms with E-state index in [2.05, 4.69) is 41.5 Å². The number of anilines is 1. The van der Waals surface area contributed by atoms with Crippen LogP contribution >= 0.6 is 23.2 Å². The van der Waals surface area contributed by atoms with E-state index in [1.165, 1.54) is 5.56 Å². The van der Waals surface area contributed by atoms with Gasteiger partial charge in [0.2, 0.25) is 0 Å². The van der Waals surface area contributed by atoms with E-state index in [4.69, 9.17) is 23.2 Å². The van der Waals surface area contributed by atoms with Gasteiger partial charge in [0.15, 0.2) is 0 Å². The zero-order valence-electron chi connectivity index (χ0n) is 18.0. The summed E-state index contributed by atoms with van der Waals surface area (Å²) in [6.45, 7) is 7.76. The highest BCUT2D eigenvalue weighted by molar-refractivity contribution is 6.42. The Balaban J connectivity index is 1.55. The largest absolute Gasteiger partial charge is 0.378 e. The SMILES string of the molecule is CCN(CC)CCNC(=O)c1ccc2c(c1)C1C=CCC1C(c1cccc(Cl)c1Cl)N2. The third kappa shape index (κ3) is 4.48. The summed E-state index contributed by atoms with van der Waals surface area (Å²) in [5, 5.41) is 7.92. The van der Waals surface area contributed by atoms with E-state index in [1.807, 2.05) is 36.4 Å². The van der Waals surface area contributed by atoms with E-state index < -0.39 is 0 Å². The van der Waals surface area contributed by atoms with E-state index >= 15 is 0 Å². The molecule has 6 heteroatoms. The van der Waals surface area contributed by atoms with Crippen molar-refractivity contribution in [3.05, 3.63) is 75.3 Å². The van der Waals surface area contributed by atoms with Crippen LogP contribution in [-0.2, 0) is 0 Å². The molecule has 2 N–H and O–H groups in total. The van der Waals surface area contributed by atoms with Gasteiger partial charge in [-0.05, 0) is 60.8 Å². The first-order valence-electron chi connectivity index (χ1n) is 11.0. The number of nitrogens with zero attached hydrogens (tertiary/aromatic N) is 1. The van der Waals surface area contributed by atoms with Crippen LogP contribution < -0.4 is 10.6 Å². The highest BCUT2D eigenvalue weighted by atomic mass is 35.5. The fourth-order valence-corrected chi connectivity index (χ4v) is 5.20. The van der Waals surface area contributed by atoms with Crippen molar-refractivity contribution in [3.8, 4) is 0 Å². The van der Waals surface area contributed by atoms with Crippen molar-refractivity contribution in [2.45, 2.75) is 32.2 Å². The zero-order chi connectivity index (χ0) is 22.0. The molecule has 2 aromatic carbocycles. The van der Waals surface area contributed by atoms with Gasteiger partial charge in [0, 0.05) is 30.3 Å². The Kier molecular flexibility index (Phi) is 6.90. The molecule has 0 saturated carbocycles. The maximum atomic E-state index is 12.7. The average Bonchev–Trinajstić information content (AvgIpc) is 3.28. The second-order valence-corrected chi connectivity index (χ2v) is 8.99. The summed E-state index contributed by atoms with van der Waals surface area (Å²) in [6.07, 6.45) is 5.46. The molecule has 3 atom stereocenters. The number of halogens is 2. The first kappa shape index (κ1) is 22.2. The van der Waals surface area contributed by atoms with Crippen molar-refractivity contribution in [1.82, 2.24) is 10.2 Å². The molecule has 4 rings (SSSR count). The fourth-order valence-electron chi connectivity index (χ4n) is 4.77. The van der Waals surface area contributed by atoms with Gasteiger partial charge in [-0.1, -0.05) is 61.3 Å². The number of amides is 1. The molecule has 31 heavy (non-hydrogen) atoms. The van der Waals surface area contributed by atoms with Gasteiger partial charge >= 0.3 is 0 Å². The Morgan fingerprint density at radius 2 is 1.97 bits per heavy atom. The van der Waals surface area contributed by atoms with Crippen molar-refractivity contribution in [3.63, 3.8) is 0 Å². The number of carbonyl (C=O) groups is 1. The summed E-state index contributed by atoms with van der Waals surface area (Å²) in [7, 11) is 0. The van der Waals surface area contributed by atoms with Gasteiger partial charge in [-0.15, -0.1) is 0 Å². The summed E-state index contributed by atoms with van der Waals surface area (Å²) < 4.78 is 0. The number of likely N-dealkylation sites (N-methyl/N-ethyl adjacent to an activating group) is 1. The van der Waals surface area contributed by atoms with Gasteiger partial charge in [0.25, 0.3) is 5.91 Å². The molecule has 0 aromatic heterocycles. The summed E-state index contributed by atoms with van der Waals surface area (Å²) in [5.41, 5.74) is 3.95. The quantitative estimate of drug-likeness (QED) is 0.509. The minimum Gasteiger partial charge on any atom is -0.378 e. The predicted molar refractivity (Wildman–Crippen MR) is 129 cm³/mol. The van der Waals surface area contributed by atoms with Crippen LogP contribution in [0.4, 0.5) is 5.69 Å². The first-order chi connectivity index (χ1) is 15.0. The Bertz CT molecular complexity index is 987. The predicted octanol–water partition coefficient (Wildman–Crippen LogP) is 5.89. The lowest BCUT2D eigenvalue weighted by Gasteiger charge is -2.38. The number of carbonyl (C=O) groups excluding carboxylic acids is 1. The fraction of sp³-hybridized carbons (Fsp3) is 0.400. The van der Waals surface area contributed by atoms with Crippen molar-refractivity contribution < 1.29 is 4.79 Å². The summed E-state index contributed by atoms with van der Waals surface area (Å²) >= 11 is 12.8. The molecule has 0 spiro atoms. The molecular weight excluding hydrogens is 429 g/mol. The Hall–Kier alpha value is -2.01. The van der Waals surface area contributed by atoms with Crippen LogP contribution in [0, 0.1) is 5.92 Å². The van der Waals surface area contributed by atoms with E-state index in [9.17, 15) is 4.79 Å². The highest BCUT2D eigenvalue weighted by Gasteiger charge is 2.39. The molecule has 164 valence electrons. The Labute approximate surface area is 194 Å². The molecule has 0 radical (unpaired) electrons. The van der Waals surface area contributed by atoms with Crippen LogP contribution in [0.2, 0.25) is 10.0 Å². The van der Waals surface area contributed by atoms with Gasteiger partial charge in [-0.2, -0.15) is 0 Å².